The summed E-state index contributed by atoms with van der Waals surface area (Å²) in [6.45, 7) is 5.62. The molecule has 0 atom stereocenters. The molecule has 0 saturated heterocycles. The Morgan fingerprint density at radius 1 is 1.12 bits per heavy atom. The van der Waals surface area contributed by atoms with Crippen molar-refractivity contribution in [1.82, 2.24) is 0 Å². The van der Waals surface area contributed by atoms with Crippen molar-refractivity contribution in [2.75, 3.05) is 17.9 Å². The average molecular weight is 357 g/mol. The predicted molar refractivity (Wildman–Crippen MR) is 97.8 cm³/mol. The maximum atomic E-state index is 12.3. The lowest BCUT2D eigenvalue weighted by molar-refractivity contribution is -0.113. The minimum Gasteiger partial charge on any atom is -0.454 e. The van der Waals surface area contributed by atoms with Crippen LogP contribution in [0.15, 0.2) is 35.2 Å². The van der Waals surface area contributed by atoms with Crippen LogP contribution < -0.4 is 14.8 Å². The third-order valence-corrected chi connectivity index (χ3v) is 5.03. The second-order valence-corrected chi connectivity index (χ2v) is 6.93. The number of fused-ring (bicyclic) bond motifs is 1. The zero-order valence-electron chi connectivity index (χ0n) is 14.3. The number of thioether (sulfide) groups is 1. The number of ether oxygens (including phenoxy) is 2. The van der Waals surface area contributed by atoms with E-state index in [-0.39, 0.29) is 24.2 Å². The Morgan fingerprint density at radius 2 is 1.84 bits per heavy atom. The van der Waals surface area contributed by atoms with Crippen LogP contribution in [0.2, 0.25) is 0 Å². The number of amides is 1. The summed E-state index contributed by atoms with van der Waals surface area (Å²) < 4.78 is 10.6. The summed E-state index contributed by atoms with van der Waals surface area (Å²) in [7, 11) is 0. The molecule has 2 aromatic carbocycles. The normalized spacial score (nSPS) is 12.1. The predicted octanol–water partition coefficient (Wildman–Crippen LogP) is 3.97. The lowest BCUT2D eigenvalue weighted by atomic mass is 10.1. The minimum atomic E-state index is -0.174. The SMILES string of the molecule is CC(=O)c1cc2c(cc1NC(=O)CSc1cc(C)ccc1C)OCO2. The number of nitrogens with one attached hydrogen (secondary N) is 1. The van der Waals surface area contributed by atoms with Crippen molar-refractivity contribution in [3.63, 3.8) is 0 Å². The molecule has 5 nitrogen and oxygen atoms in total. The van der Waals surface area contributed by atoms with Gasteiger partial charge in [0.2, 0.25) is 12.7 Å². The van der Waals surface area contributed by atoms with Crippen LogP contribution in [0.25, 0.3) is 0 Å². The highest BCUT2D eigenvalue weighted by atomic mass is 32.2. The molecular weight excluding hydrogens is 338 g/mol. The first-order valence-electron chi connectivity index (χ1n) is 7.88. The molecule has 0 radical (unpaired) electrons. The summed E-state index contributed by atoms with van der Waals surface area (Å²) in [5, 5.41) is 2.81. The lowest BCUT2D eigenvalue weighted by Crippen LogP contribution is -2.16. The van der Waals surface area contributed by atoms with Crippen LogP contribution >= 0.6 is 11.8 Å². The molecule has 25 heavy (non-hydrogen) atoms. The molecule has 1 heterocycles. The quantitative estimate of drug-likeness (QED) is 0.648. The number of rotatable bonds is 5. The van der Waals surface area contributed by atoms with Gasteiger partial charge in [0.25, 0.3) is 0 Å². The molecule has 0 spiro atoms. The fourth-order valence-corrected chi connectivity index (χ4v) is 3.45. The third-order valence-electron chi connectivity index (χ3n) is 3.87. The number of benzene rings is 2. The Bertz CT molecular complexity index is 848. The van der Waals surface area contributed by atoms with E-state index in [9.17, 15) is 9.59 Å². The number of carbonyl (C=O) groups is 2. The van der Waals surface area contributed by atoms with Crippen LogP contribution in [0, 0.1) is 13.8 Å². The second kappa shape index (κ2) is 7.19. The maximum absolute atomic E-state index is 12.3. The van der Waals surface area contributed by atoms with Gasteiger partial charge in [-0.1, -0.05) is 17.7 Å². The summed E-state index contributed by atoms with van der Waals surface area (Å²) in [5.41, 5.74) is 3.15. The fourth-order valence-electron chi connectivity index (χ4n) is 2.53. The Kier molecular flexibility index (Phi) is 4.99. The van der Waals surface area contributed by atoms with Gasteiger partial charge in [0, 0.05) is 16.5 Å². The highest BCUT2D eigenvalue weighted by molar-refractivity contribution is 8.00. The van der Waals surface area contributed by atoms with Gasteiger partial charge in [0.05, 0.1) is 11.4 Å². The first-order chi connectivity index (χ1) is 11.9. The molecule has 1 amide bonds. The van der Waals surface area contributed by atoms with Gasteiger partial charge in [-0.05, 0) is 38.5 Å². The van der Waals surface area contributed by atoms with Crippen molar-refractivity contribution in [3.05, 3.63) is 47.0 Å². The molecule has 0 saturated carbocycles. The molecule has 2 aromatic rings. The highest BCUT2D eigenvalue weighted by Gasteiger charge is 2.20. The van der Waals surface area contributed by atoms with Crippen LogP contribution in [-0.4, -0.2) is 24.2 Å². The molecule has 3 rings (SSSR count). The zero-order valence-corrected chi connectivity index (χ0v) is 15.2. The molecule has 1 aliphatic rings. The van der Waals surface area contributed by atoms with Crippen LogP contribution in [-0.2, 0) is 4.79 Å². The van der Waals surface area contributed by atoms with Gasteiger partial charge in [-0.15, -0.1) is 11.8 Å². The Balaban J connectivity index is 1.72. The number of anilines is 1. The van der Waals surface area contributed by atoms with Gasteiger partial charge in [0.1, 0.15) is 0 Å². The fraction of sp³-hybridized carbons (Fsp3) is 0.263. The topological polar surface area (TPSA) is 64.6 Å². The number of Topliss-reactive ketones (excluding diaryl/α,β-unsaturated/α-hetero) is 1. The zero-order chi connectivity index (χ0) is 18.0. The number of ketones is 1. The maximum Gasteiger partial charge on any atom is 0.234 e. The second-order valence-electron chi connectivity index (χ2n) is 5.91. The Morgan fingerprint density at radius 3 is 2.56 bits per heavy atom. The van der Waals surface area contributed by atoms with Crippen molar-refractivity contribution < 1.29 is 19.1 Å². The molecule has 1 N–H and O–H groups in total. The van der Waals surface area contributed by atoms with E-state index in [1.165, 1.54) is 18.7 Å². The average Bonchev–Trinajstić information content (AvgIpc) is 3.02. The molecule has 6 heteroatoms. The first-order valence-corrected chi connectivity index (χ1v) is 8.87. The summed E-state index contributed by atoms with van der Waals surface area (Å²) >= 11 is 1.48. The summed E-state index contributed by atoms with van der Waals surface area (Å²) in [6, 6.07) is 9.40. The standard InChI is InChI=1S/C19H19NO4S/c1-11-4-5-12(2)18(6-11)25-9-19(22)20-15-8-17-16(23-10-24-17)7-14(15)13(3)21/h4-8H,9-10H2,1-3H3,(H,20,22). The Labute approximate surface area is 150 Å². The molecule has 0 unspecified atom stereocenters. The van der Waals surface area contributed by atoms with E-state index in [1.807, 2.05) is 26.0 Å². The smallest absolute Gasteiger partial charge is 0.234 e. The van der Waals surface area contributed by atoms with Crippen LogP contribution in [0.5, 0.6) is 11.5 Å². The van der Waals surface area contributed by atoms with Crippen LogP contribution in [0.3, 0.4) is 0 Å². The summed E-state index contributed by atoms with van der Waals surface area (Å²) in [6.07, 6.45) is 0. The van der Waals surface area contributed by atoms with Gasteiger partial charge in [-0.3, -0.25) is 9.59 Å². The molecule has 0 aromatic heterocycles. The minimum absolute atomic E-state index is 0.118. The van der Waals surface area contributed by atoms with Gasteiger partial charge < -0.3 is 14.8 Å². The molecule has 130 valence electrons. The number of aryl methyl sites for hydroxylation is 2. The monoisotopic (exact) mass is 357 g/mol. The van der Waals surface area contributed by atoms with E-state index >= 15 is 0 Å². The van der Waals surface area contributed by atoms with Crippen molar-refractivity contribution in [2.45, 2.75) is 25.7 Å². The van der Waals surface area contributed by atoms with Gasteiger partial charge in [0.15, 0.2) is 17.3 Å². The Hall–Kier alpha value is -2.47. The largest absolute Gasteiger partial charge is 0.454 e. The van der Waals surface area contributed by atoms with E-state index in [4.69, 9.17) is 9.47 Å². The molecular formula is C19H19NO4S. The van der Waals surface area contributed by atoms with E-state index < -0.39 is 0 Å². The van der Waals surface area contributed by atoms with E-state index in [0.717, 1.165) is 16.0 Å². The van der Waals surface area contributed by atoms with Gasteiger partial charge in [-0.25, -0.2) is 0 Å². The molecule has 1 aliphatic heterocycles. The molecule has 0 bridgehead atoms. The van der Waals surface area contributed by atoms with E-state index in [0.29, 0.717) is 22.7 Å². The number of hydrogen-bond acceptors (Lipinski definition) is 5. The van der Waals surface area contributed by atoms with Crippen molar-refractivity contribution in [3.8, 4) is 11.5 Å². The molecule has 0 fully saturated rings. The lowest BCUT2D eigenvalue weighted by Gasteiger charge is -2.11. The van der Waals surface area contributed by atoms with Gasteiger partial charge in [-0.2, -0.15) is 0 Å². The highest BCUT2D eigenvalue weighted by Crippen LogP contribution is 2.37. The van der Waals surface area contributed by atoms with Crippen molar-refractivity contribution in [1.29, 1.82) is 0 Å². The first kappa shape index (κ1) is 17.4. The molecule has 0 aliphatic carbocycles. The van der Waals surface area contributed by atoms with E-state index in [2.05, 4.69) is 11.4 Å². The van der Waals surface area contributed by atoms with Crippen molar-refractivity contribution >= 4 is 29.1 Å². The summed E-state index contributed by atoms with van der Waals surface area (Å²) in [5.74, 6) is 0.995. The van der Waals surface area contributed by atoms with Crippen molar-refractivity contribution in [2.24, 2.45) is 0 Å². The van der Waals surface area contributed by atoms with E-state index in [1.54, 1.807) is 12.1 Å². The number of hydrogen-bond donors (Lipinski definition) is 1. The van der Waals surface area contributed by atoms with Crippen LogP contribution in [0.1, 0.15) is 28.4 Å². The number of carbonyl (C=O) groups excluding carboxylic acids is 2. The van der Waals surface area contributed by atoms with Gasteiger partial charge >= 0.3 is 0 Å². The van der Waals surface area contributed by atoms with Crippen LogP contribution in [0.4, 0.5) is 5.69 Å². The third kappa shape index (κ3) is 3.96. The summed E-state index contributed by atoms with van der Waals surface area (Å²) in [4.78, 5) is 25.3.